The van der Waals surface area contributed by atoms with Gasteiger partial charge in [-0.1, -0.05) is 13.8 Å². The van der Waals surface area contributed by atoms with Crippen molar-refractivity contribution in [3.05, 3.63) is 18.2 Å². The van der Waals surface area contributed by atoms with Crippen molar-refractivity contribution in [1.82, 2.24) is 25.9 Å². The Morgan fingerprint density at radius 2 is 1.74 bits per heavy atom. The number of hydrogen-bond acceptors (Lipinski definition) is 7. The average molecular weight is 482 g/mol. The first kappa shape index (κ1) is 28.4. The van der Waals surface area contributed by atoms with Crippen molar-refractivity contribution in [2.45, 2.75) is 57.7 Å². The predicted octanol–water partition coefficient (Wildman–Crippen LogP) is -2.45. The number of aromatic amines is 1. The second kappa shape index (κ2) is 14.5. The summed E-state index contributed by atoms with van der Waals surface area (Å²) in [6.07, 6.45) is 3.68. The summed E-state index contributed by atoms with van der Waals surface area (Å²) in [4.78, 5) is 59.8. The number of hydrogen-bond donors (Lipinski definition) is 8. The number of carbonyl (C=O) groups is 4. The largest absolute Gasteiger partial charge is 0.480 e. The van der Waals surface area contributed by atoms with E-state index in [4.69, 9.17) is 17.2 Å². The molecule has 190 valence electrons. The molecule has 0 radical (unpaired) electrons. The Hall–Kier alpha value is -3.68. The molecule has 0 spiro atoms. The minimum Gasteiger partial charge on any atom is -0.480 e. The summed E-state index contributed by atoms with van der Waals surface area (Å²) in [6.45, 7) is 3.64. The second-order valence-corrected chi connectivity index (χ2v) is 8.14. The molecule has 3 unspecified atom stereocenters. The smallest absolute Gasteiger partial charge is 0.326 e. The summed E-state index contributed by atoms with van der Waals surface area (Å²) in [5.74, 6) is -3.12. The molecule has 0 aliphatic rings. The maximum Gasteiger partial charge on any atom is 0.326 e. The van der Waals surface area contributed by atoms with Crippen LogP contribution in [0, 0.1) is 5.92 Å². The molecule has 0 aromatic carbocycles. The van der Waals surface area contributed by atoms with Gasteiger partial charge in [0, 0.05) is 24.9 Å². The average Bonchev–Trinajstić information content (AvgIpc) is 3.27. The number of carboxylic acid groups (broad SMARTS) is 1. The molecule has 0 bridgehead atoms. The van der Waals surface area contributed by atoms with E-state index in [1.165, 1.54) is 12.5 Å². The van der Waals surface area contributed by atoms with Gasteiger partial charge in [0.15, 0.2) is 5.96 Å². The van der Waals surface area contributed by atoms with Crippen LogP contribution in [0.5, 0.6) is 0 Å². The van der Waals surface area contributed by atoms with E-state index in [2.05, 4.69) is 30.9 Å². The Morgan fingerprint density at radius 3 is 2.26 bits per heavy atom. The van der Waals surface area contributed by atoms with Crippen LogP contribution in [0.4, 0.5) is 0 Å². The fourth-order valence-corrected chi connectivity index (χ4v) is 3.09. The van der Waals surface area contributed by atoms with Crippen molar-refractivity contribution in [1.29, 1.82) is 0 Å². The lowest BCUT2D eigenvalue weighted by molar-refractivity contribution is -0.142. The van der Waals surface area contributed by atoms with Gasteiger partial charge in [-0.05, 0) is 25.2 Å². The van der Waals surface area contributed by atoms with E-state index >= 15 is 0 Å². The van der Waals surface area contributed by atoms with Crippen LogP contribution in [-0.4, -0.2) is 75.9 Å². The molecule has 0 saturated carbocycles. The molecule has 3 amide bonds. The highest BCUT2D eigenvalue weighted by Crippen LogP contribution is 2.08. The van der Waals surface area contributed by atoms with Gasteiger partial charge in [0.2, 0.25) is 17.7 Å². The summed E-state index contributed by atoms with van der Waals surface area (Å²) >= 11 is 0. The third-order valence-electron chi connectivity index (χ3n) is 4.72. The van der Waals surface area contributed by atoms with Gasteiger partial charge in [-0.25, -0.2) is 9.78 Å². The van der Waals surface area contributed by atoms with Crippen LogP contribution in [0.2, 0.25) is 0 Å². The van der Waals surface area contributed by atoms with E-state index in [-0.39, 0.29) is 44.2 Å². The number of rotatable bonds is 15. The van der Waals surface area contributed by atoms with Gasteiger partial charge in [-0.15, -0.1) is 0 Å². The first-order valence-corrected chi connectivity index (χ1v) is 10.9. The molecule has 1 heterocycles. The number of nitrogens with two attached hydrogens (primary N) is 3. The summed E-state index contributed by atoms with van der Waals surface area (Å²) in [5, 5.41) is 17.1. The lowest BCUT2D eigenvalue weighted by Gasteiger charge is -2.25. The molecule has 1 aromatic heterocycles. The molecular weight excluding hydrogens is 446 g/mol. The fraction of sp³-hybridized carbons (Fsp3) is 0.600. The molecular formula is C20H35N9O5. The minimum atomic E-state index is -1.23. The molecule has 14 heteroatoms. The number of amides is 3. The molecule has 0 saturated heterocycles. The van der Waals surface area contributed by atoms with Gasteiger partial charge < -0.3 is 43.2 Å². The highest BCUT2D eigenvalue weighted by molar-refractivity contribution is 5.93. The van der Waals surface area contributed by atoms with Gasteiger partial charge in [-0.3, -0.25) is 19.4 Å². The van der Waals surface area contributed by atoms with E-state index < -0.39 is 41.8 Å². The number of aliphatic imine (C=N–C) groups is 1. The monoisotopic (exact) mass is 481 g/mol. The molecule has 0 fully saturated rings. The number of carboxylic acids is 1. The van der Waals surface area contributed by atoms with Gasteiger partial charge in [0.1, 0.15) is 18.1 Å². The summed E-state index contributed by atoms with van der Waals surface area (Å²) in [6, 6.07) is -3.23. The van der Waals surface area contributed by atoms with Gasteiger partial charge in [-0.2, -0.15) is 0 Å². The number of nitrogens with one attached hydrogen (secondary N) is 4. The third-order valence-corrected chi connectivity index (χ3v) is 4.72. The molecule has 0 aliphatic carbocycles. The number of H-pyrrole nitrogens is 1. The first-order valence-electron chi connectivity index (χ1n) is 10.9. The van der Waals surface area contributed by atoms with Crippen molar-refractivity contribution in [3.63, 3.8) is 0 Å². The van der Waals surface area contributed by atoms with E-state index in [0.717, 1.165) is 0 Å². The van der Waals surface area contributed by atoms with E-state index in [0.29, 0.717) is 12.1 Å². The number of aromatic nitrogens is 2. The van der Waals surface area contributed by atoms with Crippen LogP contribution >= 0.6 is 0 Å². The topological polar surface area (TPSA) is 244 Å². The first-order chi connectivity index (χ1) is 16.0. The van der Waals surface area contributed by atoms with Crippen LogP contribution in [0.15, 0.2) is 17.5 Å². The quantitative estimate of drug-likeness (QED) is 0.0751. The van der Waals surface area contributed by atoms with Crippen LogP contribution in [0.3, 0.4) is 0 Å². The molecule has 1 aromatic rings. The fourth-order valence-electron chi connectivity index (χ4n) is 3.09. The zero-order chi connectivity index (χ0) is 25.7. The van der Waals surface area contributed by atoms with Crippen LogP contribution in [0.25, 0.3) is 0 Å². The Labute approximate surface area is 197 Å². The summed E-state index contributed by atoms with van der Waals surface area (Å²) in [5.41, 5.74) is 16.5. The van der Waals surface area contributed by atoms with E-state index in [9.17, 15) is 24.3 Å². The van der Waals surface area contributed by atoms with Crippen LogP contribution < -0.4 is 33.2 Å². The minimum absolute atomic E-state index is 0.00545. The molecule has 11 N–H and O–H groups in total. The molecule has 1 rings (SSSR count). The molecule has 3 atom stereocenters. The number of aliphatic carboxylic acids is 1. The Balaban J connectivity index is 2.92. The molecule has 34 heavy (non-hydrogen) atoms. The van der Waals surface area contributed by atoms with E-state index in [1.807, 2.05) is 13.8 Å². The molecule has 0 aliphatic heterocycles. The Kier molecular flexibility index (Phi) is 12.1. The maximum absolute atomic E-state index is 12.9. The van der Waals surface area contributed by atoms with E-state index in [1.54, 1.807) is 0 Å². The Morgan fingerprint density at radius 1 is 1.09 bits per heavy atom. The van der Waals surface area contributed by atoms with Crippen LogP contribution in [-0.2, 0) is 25.6 Å². The Bertz CT molecular complexity index is 837. The van der Waals surface area contributed by atoms with Crippen molar-refractivity contribution < 1.29 is 24.3 Å². The molecule has 14 nitrogen and oxygen atoms in total. The lowest BCUT2D eigenvalue weighted by Crippen LogP contribution is -2.56. The van der Waals surface area contributed by atoms with Crippen molar-refractivity contribution >= 4 is 29.7 Å². The highest BCUT2D eigenvalue weighted by Gasteiger charge is 2.30. The van der Waals surface area contributed by atoms with Gasteiger partial charge >= 0.3 is 5.97 Å². The highest BCUT2D eigenvalue weighted by atomic mass is 16.4. The predicted molar refractivity (Wildman–Crippen MR) is 124 cm³/mol. The van der Waals surface area contributed by atoms with Crippen molar-refractivity contribution in [2.75, 3.05) is 13.1 Å². The summed E-state index contributed by atoms with van der Waals surface area (Å²) < 4.78 is 0. The normalized spacial score (nSPS) is 13.4. The zero-order valence-electron chi connectivity index (χ0n) is 19.4. The van der Waals surface area contributed by atoms with Crippen molar-refractivity contribution in [3.8, 4) is 0 Å². The summed E-state index contributed by atoms with van der Waals surface area (Å²) in [7, 11) is 0. The zero-order valence-corrected chi connectivity index (χ0v) is 19.4. The van der Waals surface area contributed by atoms with Gasteiger partial charge in [0.05, 0.1) is 12.9 Å². The number of guanidine groups is 1. The maximum atomic E-state index is 12.9. The van der Waals surface area contributed by atoms with Crippen LogP contribution in [0.1, 0.15) is 38.8 Å². The van der Waals surface area contributed by atoms with Gasteiger partial charge in [0.25, 0.3) is 0 Å². The number of carbonyl (C=O) groups excluding carboxylic acids is 3. The standard InChI is InChI=1S/C20H35N9O5/c1-11(2)6-14(18(32)29-15(19(33)34)7-12-9-24-10-26-12)28-17(31)13(27-16(30)8-21)4-3-5-25-20(22)23/h9-11,13-15H,3-8,21H2,1-2H3,(H,24,26)(H,27,30)(H,28,31)(H,29,32)(H,33,34)(H4,22,23,25). The lowest BCUT2D eigenvalue weighted by atomic mass is 10.0. The van der Waals surface area contributed by atoms with Crippen molar-refractivity contribution in [2.24, 2.45) is 28.1 Å². The second-order valence-electron chi connectivity index (χ2n) is 8.14. The third kappa shape index (κ3) is 10.8. The number of imidazole rings is 1. The SMILES string of the molecule is CC(C)CC(NC(=O)C(CCCN=C(N)N)NC(=O)CN)C(=O)NC(Cc1cnc[nH]1)C(=O)O. The number of nitrogens with zero attached hydrogens (tertiary/aromatic N) is 2.